The van der Waals surface area contributed by atoms with E-state index in [1.54, 1.807) is 0 Å². The van der Waals surface area contributed by atoms with Gasteiger partial charge in [0.25, 0.3) is 0 Å². The van der Waals surface area contributed by atoms with Gasteiger partial charge in [-0.05, 0) is 50.2 Å². The molecule has 7 nitrogen and oxygen atoms in total. The van der Waals surface area contributed by atoms with Crippen LogP contribution < -0.4 is 10.0 Å². The quantitative estimate of drug-likeness (QED) is 0.677. The van der Waals surface area contributed by atoms with Crippen molar-refractivity contribution in [1.29, 1.82) is 0 Å². The second-order valence-corrected chi connectivity index (χ2v) is 9.26. The minimum atomic E-state index is -3.77. The summed E-state index contributed by atoms with van der Waals surface area (Å²) in [5, 5.41) is 5.14. The number of benzene rings is 1. The first-order valence-corrected chi connectivity index (χ1v) is 11.5. The molecule has 1 saturated heterocycles. The van der Waals surface area contributed by atoms with Gasteiger partial charge in [-0.3, -0.25) is 9.69 Å². The fourth-order valence-electron chi connectivity index (χ4n) is 2.96. The molecule has 2 N–H and O–H groups in total. The maximum absolute atomic E-state index is 12.9. The van der Waals surface area contributed by atoms with Crippen molar-refractivity contribution in [2.75, 3.05) is 25.0 Å². The molecule has 1 aliphatic rings. The van der Waals surface area contributed by atoms with Gasteiger partial charge in [0.1, 0.15) is 5.82 Å². The van der Waals surface area contributed by atoms with Crippen LogP contribution in [0.3, 0.4) is 0 Å². The third-order valence-corrected chi connectivity index (χ3v) is 6.68. The van der Waals surface area contributed by atoms with E-state index < -0.39 is 15.8 Å². The van der Waals surface area contributed by atoms with Gasteiger partial charge in [0, 0.05) is 24.9 Å². The molecule has 3 rings (SSSR count). The number of thiazole rings is 1. The van der Waals surface area contributed by atoms with Crippen LogP contribution in [0.2, 0.25) is 0 Å². The lowest BCUT2D eigenvalue weighted by molar-refractivity contribution is -0.116. The Balaban J connectivity index is 1.43. The molecule has 1 aromatic heterocycles. The molecule has 1 amide bonds. The first kappa shape index (κ1) is 20.8. The molecule has 10 heteroatoms. The number of amides is 1. The number of carbonyl (C=O) groups is 1. The highest BCUT2D eigenvalue weighted by Gasteiger charge is 2.15. The monoisotopic (exact) mass is 426 g/mol. The summed E-state index contributed by atoms with van der Waals surface area (Å²) in [5.74, 6) is -0.831. The third kappa shape index (κ3) is 6.06. The number of halogens is 1. The normalized spacial score (nSPS) is 15.5. The van der Waals surface area contributed by atoms with Crippen molar-refractivity contribution in [2.45, 2.75) is 37.1 Å². The number of likely N-dealkylation sites (tertiary alicyclic amines) is 1. The minimum absolute atomic E-state index is 0.0263. The summed E-state index contributed by atoms with van der Waals surface area (Å²) in [4.78, 5) is 18.8. The van der Waals surface area contributed by atoms with E-state index in [0.717, 1.165) is 37.5 Å². The topological polar surface area (TPSA) is 91.4 Å². The number of rotatable bonds is 8. The molecule has 152 valence electrons. The molecule has 0 spiro atoms. The van der Waals surface area contributed by atoms with Crippen LogP contribution in [-0.2, 0) is 21.4 Å². The molecule has 28 heavy (non-hydrogen) atoms. The van der Waals surface area contributed by atoms with E-state index in [1.807, 2.05) is 5.38 Å². The van der Waals surface area contributed by atoms with E-state index in [-0.39, 0.29) is 23.8 Å². The van der Waals surface area contributed by atoms with Crippen molar-refractivity contribution in [1.82, 2.24) is 14.6 Å². The zero-order chi connectivity index (χ0) is 20.0. The van der Waals surface area contributed by atoms with E-state index in [1.165, 1.54) is 42.7 Å². The van der Waals surface area contributed by atoms with Gasteiger partial charge in [0.15, 0.2) is 5.13 Å². The van der Waals surface area contributed by atoms with Crippen LogP contribution in [0.1, 0.15) is 31.4 Å². The SMILES string of the molecule is O=C(CCNS(=O)(=O)c1ccc(F)cc1)Nc1nc(CN2CCCCC2)cs1. The van der Waals surface area contributed by atoms with Gasteiger partial charge in [-0.1, -0.05) is 6.42 Å². The Bertz CT molecular complexity index is 894. The fraction of sp³-hybridized carbons (Fsp3) is 0.444. The second-order valence-electron chi connectivity index (χ2n) is 6.63. The number of hydrogen-bond acceptors (Lipinski definition) is 6. The van der Waals surface area contributed by atoms with E-state index >= 15 is 0 Å². The van der Waals surface area contributed by atoms with Gasteiger partial charge in [0.2, 0.25) is 15.9 Å². The van der Waals surface area contributed by atoms with Gasteiger partial charge < -0.3 is 5.32 Å². The number of aromatic nitrogens is 1. The van der Waals surface area contributed by atoms with Crippen LogP contribution in [0.15, 0.2) is 34.5 Å². The van der Waals surface area contributed by atoms with Crippen LogP contribution in [-0.4, -0.2) is 43.8 Å². The summed E-state index contributed by atoms with van der Waals surface area (Å²) in [5.41, 5.74) is 0.930. The summed E-state index contributed by atoms with van der Waals surface area (Å²) >= 11 is 1.36. The highest BCUT2D eigenvalue weighted by Crippen LogP contribution is 2.19. The lowest BCUT2D eigenvalue weighted by Crippen LogP contribution is -2.29. The number of sulfonamides is 1. The maximum Gasteiger partial charge on any atom is 0.240 e. The molecule has 1 aromatic carbocycles. The average molecular weight is 427 g/mol. The van der Waals surface area contributed by atoms with E-state index in [2.05, 4.69) is 19.9 Å². The number of anilines is 1. The Morgan fingerprint density at radius 1 is 1.18 bits per heavy atom. The van der Waals surface area contributed by atoms with Crippen molar-refractivity contribution < 1.29 is 17.6 Å². The standard InChI is InChI=1S/C18H23FN4O3S2/c19-14-4-6-16(7-5-14)28(25,26)20-9-8-17(24)22-18-21-15(13-27-18)12-23-10-2-1-3-11-23/h4-7,13,20H,1-3,8-12H2,(H,21,22,24). The lowest BCUT2D eigenvalue weighted by atomic mass is 10.1. The summed E-state index contributed by atoms with van der Waals surface area (Å²) in [6.45, 7) is 2.88. The molecule has 0 bridgehead atoms. The number of nitrogens with one attached hydrogen (secondary N) is 2. The van der Waals surface area contributed by atoms with Gasteiger partial charge in [-0.15, -0.1) is 11.3 Å². The molecule has 0 radical (unpaired) electrons. The van der Waals surface area contributed by atoms with Gasteiger partial charge in [-0.2, -0.15) is 0 Å². The Morgan fingerprint density at radius 2 is 1.89 bits per heavy atom. The van der Waals surface area contributed by atoms with Crippen molar-refractivity contribution in [2.24, 2.45) is 0 Å². The predicted molar refractivity (Wildman–Crippen MR) is 106 cm³/mol. The third-order valence-electron chi connectivity index (χ3n) is 4.40. The highest BCUT2D eigenvalue weighted by atomic mass is 32.2. The van der Waals surface area contributed by atoms with Gasteiger partial charge in [0.05, 0.1) is 10.6 Å². The maximum atomic E-state index is 12.9. The van der Waals surface area contributed by atoms with Crippen LogP contribution in [0.5, 0.6) is 0 Å². The summed E-state index contributed by atoms with van der Waals surface area (Å²) in [6.07, 6.45) is 3.67. The molecule has 0 unspecified atom stereocenters. The average Bonchev–Trinajstić information content (AvgIpc) is 3.09. The van der Waals surface area contributed by atoms with Crippen molar-refractivity contribution >= 4 is 32.4 Å². The Labute approximate surface area is 168 Å². The molecule has 0 aliphatic carbocycles. The zero-order valence-corrected chi connectivity index (χ0v) is 17.0. The molecule has 2 heterocycles. The summed E-state index contributed by atoms with van der Waals surface area (Å²) < 4.78 is 39.4. The Kier molecular flexibility index (Phi) is 7.11. The molecule has 1 fully saturated rings. The molecular weight excluding hydrogens is 403 g/mol. The number of nitrogens with zero attached hydrogens (tertiary/aromatic N) is 2. The first-order chi connectivity index (χ1) is 13.4. The number of piperidine rings is 1. The van der Waals surface area contributed by atoms with Crippen molar-refractivity contribution in [3.63, 3.8) is 0 Å². The second kappa shape index (κ2) is 9.55. The van der Waals surface area contributed by atoms with Crippen LogP contribution >= 0.6 is 11.3 Å². The summed E-state index contributed by atoms with van der Waals surface area (Å²) in [7, 11) is -3.77. The first-order valence-electron chi connectivity index (χ1n) is 9.14. The van der Waals surface area contributed by atoms with Crippen molar-refractivity contribution in [3.8, 4) is 0 Å². The number of carbonyl (C=O) groups excluding carboxylic acids is 1. The predicted octanol–water partition coefficient (Wildman–Crippen LogP) is 2.58. The molecular formula is C18H23FN4O3S2. The Hall–Kier alpha value is -1.88. The smallest absolute Gasteiger partial charge is 0.240 e. The van der Waals surface area contributed by atoms with Gasteiger partial charge >= 0.3 is 0 Å². The molecule has 0 saturated carbocycles. The molecule has 0 atom stereocenters. The van der Waals surface area contributed by atoms with E-state index in [0.29, 0.717) is 5.13 Å². The van der Waals surface area contributed by atoms with Crippen LogP contribution in [0.25, 0.3) is 0 Å². The van der Waals surface area contributed by atoms with Crippen LogP contribution in [0.4, 0.5) is 9.52 Å². The number of hydrogen-bond donors (Lipinski definition) is 2. The summed E-state index contributed by atoms with van der Waals surface area (Å²) in [6, 6.07) is 4.50. The Morgan fingerprint density at radius 3 is 2.61 bits per heavy atom. The van der Waals surface area contributed by atoms with E-state index in [4.69, 9.17) is 0 Å². The molecule has 2 aromatic rings. The van der Waals surface area contributed by atoms with Crippen molar-refractivity contribution in [3.05, 3.63) is 41.2 Å². The van der Waals surface area contributed by atoms with Crippen LogP contribution in [0, 0.1) is 5.82 Å². The van der Waals surface area contributed by atoms with Gasteiger partial charge in [-0.25, -0.2) is 22.5 Å². The lowest BCUT2D eigenvalue weighted by Gasteiger charge is -2.25. The van der Waals surface area contributed by atoms with E-state index in [9.17, 15) is 17.6 Å². The fourth-order valence-corrected chi connectivity index (χ4v) is 4.71. The largest absolute Gasteiger partial charge is 0.302 e. The minimum Gasteiger partial charge on any atom is -0.302 e. The highest BCUT2D eigenvalue weighted by molar-refractivity contribution is 7.89. The molecule has 1 aliphatic heterocycles. The zero-order valence-electron chi connectivity index (χ0n) is 15.4.